The molecule has 2 aromatic carbocycles. The number of fused-ring (bicyclic) bond motifs is 1. The predicted octanol–water partition coefficient (Wildman–Crippen LogP) is 4.75. The molecule has 0 amide bonds. The molecule has 0 bridgehead atoms. The van der Waals surface area contributed by atoms with Gasteiger partial charge < -0.3 is 14.5 Å². The highest BCUT2D eigenvalue weighted by molar-refractivity contribution is 6.32. The predicted molar refractivity (Wildman–Crippen MR) is 104 cm³/mol. The van der Waals surface area contributed by atoms with Crippen LogP contribution in [0.25, 0.3) is 22.6 Å². The topological polar surface area (TPSA) is 88.9 Å². The molecule has 0 aliphatic heterocycles. The minimum atomic E-state index is -0.594. The zero-order valence-corrected chi connectivity index (χ0v) is 15.8. The number of rotatable bonds is 7. The number of halogens is 2. The summed E-state index contributed by atoms with van der Waals surface area (Å²) in [6, 6.07) is 10.9. The highest BCUT2D eigenvalue weighted by Gasteiger charge is 2.12. The number of furan rings is 1. The summed E-state index contributed by atoms with van der Waals surface area (Å²) in [5, 5.41) is 18.3. The van der Waals surface area contributed by atoms with E-state index in [1.807, 2.05) is 31.2 Å². The lowest BCUT2D eigenvalue weighted by Crippen LogP contribution is -2.02. The number of anilines is 1. The van der Waals surface area contributed by atoms with Gasteiger partial charge in [0.05, 0.1) is 6.61 Å². The summed E-state index contributed by atoms with van der Waals surface area (Å²) in [6.45, 7) is 2.22. The van der Waals surface area contributed by atoms with Crippen LogP contribution in [0.2, 0.25) is 5.02 Å². The Morgan fingerprint density at radius 1 is 1.21 bits per heavy atom. The number of H-pyrrole nitrogens is 1. The van der Waals surface area contributed by atoms with Crippen molar-refractivity contribution >= 4 is 28.3 Å². The molecule has 9 heteroatoms. The zero-order valence-electron chi connectivity index (χ0n) is 15.0. The van der Waals surface area contributed by atoms with Crippen LogP contribution in [0.5, 0.6) is 5.75 Å². The number of alkyl halides is 1. The van der Waals surface area contributed by atoms with Gasteiger partial charge in [0.2, 0.25) is 5.82 Å². The number of nitrogens with zero attached hydrogens (tertiary/aromatic N) is 3. The Hall–Kier alpha value is -3.13. The molecule has 0 unspecified atom stereocenters. The van der Waals surface area contributed by atoms with Gasteiger partial charge in [-0.15, -0.1) is 5.10 Å². The number of benzene rings is 2. The molecule has 0 atom stereocenters. The Morgan fingerprint density at radius 3 is 2.86 bits per heavy atom. The van der Waals surface area contributed by atoms with Gasteiger partial charge in [0.1, 0.15) is 18.0 Å². The molecule has 0 fully saturated rings. The number of aromatic amines is 1. The normalized spacial score (nSPS) is 11.1. The Balaban J connectivity index is 1.55. The van der Waals surface area contributed by atoms with Crippen LogP contribution in [-0.4, -0.2) is 27.2 Å². The SMILES string of the molecule is CCOc1ccc(NCc2cc3oc(-c4nnn[nH]4)cc3cc2Cl)cc1CF. The highest BCUT2D eigenvalue weighted by Crippen LogP contribution is 2.31. The standard InChI is InChI=1S/C19H17ClFN5O2/c1-2-27-16-4-3-14(5-12(16)9-21)22-10-13-8-17-11(6-15(13)20)7-18(28-17)19-23-25-26-24-19/h3-8,22H,2,9-10H2,1H3,(H,23,24,25,26). The average Bonchev–Trinajstić information content (AvgIpc) is 3.36. The molecule has 4 rings (SSSR count). The third-order valence-electron chi connectivity index (χ3n) is 4.25. The van der Waals surface area contributed by atoms with E-state index >= 15 is 0 Å². The van der Waals surface area contributed by atoms with E-state index in [1.165, 1.54) is 0 Å². The minimum absolute atomic E-state index is 0.445. The second-order valence-electron chi connectivity index (χ2n) is 6.08. The molecule has 28 heavy (non-hydrogen) atoms. The van der Waals surface area contributed by atoms with E-state index in [1.54, 1.807) is 12.1 Å². The van der Waals surface area contributed by atoms with E-state index < -0.39 is 6.67 Å². The molecule has 0 aliphatic rings. The maximum absolute atomic E-state index is 13.3. The van der Waals surface area contributed by atoms with Gasteiger partial charge in [-0.3, -0.25) is 0 Å². The van der Waals surface area contributed by atoms with Crippen LogP contribution < -0.4 is 10.1 Å². The molecule has 0 aliphatic carbocycles. The van der Waals surface area contributed by atoms with Crippen molar-refractivity contribution in [2.75, 3.05) is 11.9 Å². The van der Waals surface area contributed by atoms with Crippen LogP contribution in [0.15, 0.2) is 40.8 Å². The summed E-state index contributed by atoms with van der Waals surface area (Å²) in [4.78, 5) is 0. The second kappa shape index (κ2) is 7.85. The van der Waals surface area contributed by atoms with Crippen molar-refractivity contribution in [1.29, 1.82) is 0 Å². The maximum atomic E-state index is 13.3. The smallest absolute Gasteiger partial charge is 0.215 e. The monoisotopic (exact) mass is 401 g/mol. The number of ether oxygens (including phenoxy) is 1. The molecule has 144 valence electrons. The van der Waals surface area contributed by atoms with Crippen molar-refractivity contribution in [2.24, 2.45) is 0 Å². The lowest BCUT2D eigenvalue weighted by Gasteiger charge is -2.12. The van der Waals surface area contributed by atoms with Crippen molar-refractivity contribution < 1.29 is 13.5 Å². The molecule has 2 heterocycles. The van der Waals surface area contributed by atoms with Gasteiger partial charge in [-0.25, -0.2) is 9.49 Å². The van der Waals surface area contributed by atoms with Gasteiger partial charge in [0.25, 0.3) is 0 Å². The second-order valence-corrected chi connectivity index (χ2v) is 6.49. The summed E-state index contributed by atoms with van der Waals surface area (Å²) >= 11 is 6.42. The van der Waals surface area contributed by atoms with E-state index in [0.717, 1.165) is 16.6 Å². The summed E-state index contributed by atoms with van der Waals surface area (Å²) in [7, 11) is 0. The van der Waals surface area contributed by atoms with Crippen molar-refractivity contribution in [1.82, 2.24) is 20.6 Å². The first kappa shape index (κ1) is 18.2. The van der Waals surface area contributed by atoms with Crippen LogP contribution >= 0.6 is 11.6 Å². The summed E-state index contributed by atoms with van der Waals surface area (Å²) < 4.78 is 24.5. The molecule has 4 aromatic rings. The van der Waals surface area contributed by atoms with Crippen LogP contribution in [0.3, 0.4) is 0 Å². The van der Waals surface area contributed by atoms with Gasteiger partial charge >= 0.3 is 0 Å². The number of hydrogen-bond acceptors (Lipinski definition) is 6. The van der Waals surface area contributed by atoms with Crippen molar-refractivity contribution in [3.63, 3.8) is 0 Å². The molecule has 0 radical (unpaired) electrons. The van der Waals surface area contributed by atoms with Gasteiger partial charge in [0, 0.05) is 28.2 Å². The van der Waals surface area contributed by atoms with Gasteiger partial charge in [0.15, 0.2) is 5.76 Å². The molecular weight excluding hydrogens is 385 g/mol. The molecular formula is C19H17ClFN5O2. The first-order valence-corrected chi connectivity index (χ1v) is 9.07. The lowest BCUT2D eigenvalue weighted by atomic mass is 10.1. The average molecular weight is 402 g/mol. The molecule has 2 aromatic heterocycles. The molecule has 0 spiro atoms. The zero-order chi connectivity index (χ0) is 19.5. The summed E-state index contributed by atoms with van der Waals surface area (Å²) in [5.41, 5.74) is 2.80. The third kappa shape index (κ3) is 3.63. The Bertz CT molecular complexity index is 1100. The molecule has 0 saturated heterocycles. The van der Waals surface area contributed by atoms with Crippen molar-refractivity contribution in [3.8, 4) is 17.3 Å². The first-order chi connectivity index (χ1) is 13.7. The highest BCUT2D eigenvalue weighted by atomic mass is 35.5. The number of hydrogen-bond donors (Lipinski definition) is 2. The van der Waals surface area contributed by atoms with Crippen LogP contribution in [-0.2, 0) is 13.2 Å². The van der Waals surface area contributed by atoms with E-state index in [9.17, 15) is 4.39 Å². The Labute approximate surface area is 164 Å². The van der Waals surface area contributed by atoms with Crippen LogP contribution in [0.1, 0.15) is 18.1 Å². The van der Waals surface area contributed by atoms with Crippen LogP contribution in [0, 0.1) is 0 Å². The molecule has 0 saturated carbocycles. The van der Waals surface area contributed by atoms with Gasteiger partial charge in [-0.2, -0.15) is 0 Å². The minimum Gasteiger partial charge on any atom is -0.493 e. The van der Waals surface area contributed by atoms with Gasteiger partial charge in [-0.05, 0) is 59.3 Å². The number of tetrazole rings is 1. The van der Waals surface area contributed by atoms with E-state index in [-0.39, 0.29) is 0 Å². The Morgan fingerprint density at radius 2 is 2.11 bits per heavy atom. The summed E-state index contributed by atoms with van der Waals surface area (Å²) in [5.74, 6) is 1.53. The lowest BCUT2D eigenvalue weighted by molar-refractivity contribution is 0.330. The van der Waals surface area contributed by atoms with Crippen molar-refractivity contribution in [3.05, 3.63) is 52.5 Å². The largest absolute Gasteiger partial charge is 0.493 e. The number of aromatic nitrogens is 4. The summed E-state index contributed by atoms with van der Waals surface area (Å²) in [6.07, 6.45) is 0. The fraction of sp³-hybridized carbons (Fsp3) is 0.211. The van der Waals surface area contributed by atoms with E-state index in [0.29, 0.717) is 46.7 Å². The van der Waals surface area contributed by atoms with Crippen molar-refractivity contribution in [2.45, 2.75) is 20.1 Å². The number of nitrogens with one attached hydrogen (secondary N) is 2. The third-order valence-corrected chi connectivity index (χ3v) is 4.60. The molecule has 7 nitrogen and oxygen atoms in total. The van der Waals surface area contributed by atoms with Crippen LogP contribution in [0.4, 0.5) is 10.1 Å². The van der Waals surface area contributed by atoms with E-state index in [2.05, 4.69) is 25.9 Å². The fourth-order valence-corrected chi connectivity index (χ4v) is 3.14. The molecule has 2 N–H and O–H groups in total. The van der Waals surface area contributed by atoms with E-state index in [4.69, 9.17) is 20.8 Å². The fourth-order valence-electron chi connectivity index (χ4n) is 2.90. The quantitative estimate of drug-likeness (QED) is 0.464. The van der Waals surface area contributed by atoms with Gasteiger partial charge in [-0.1, -0.05) is 11.6 Å². The first-order valence-electron chi connectivity index (χ1n) is 8.69. The maximum Gasteiger partial charge on any atom is 0.215 e. The Kier molecular flexibility index (Phi) is 5.12.